The maximum Gasteiger partial charge on any atom is 0.265 e. The summed E-state index contributed by atoms with van der Waals surface area (Å²) >= 11 is 0. The molecule has 3 aromatic rings. The summed E-state index contributed by atoms with van der Waals surface area (Å²) in [5.74, 6) is 1.01. The minimum absolute atomic E-state index is 0.189. The SMILES string of the molecule is C=CCn1cnc2oc(C)c(C(=O)N3CCN(c4ccccc4OC)CC3)c2c1=O. The van der Waals surface area contributed by atoms with E-state index in [1.807, 2.05) is 24.3 Å². The average molecular weight is 408 g/mol. The summed E-state index contributed by atoms with van der Waals surface area (Å²) in [5.41, 5.74) is 1.20. The summed E-state index contributed by atoms with van der Waals surface area (Å²) in [6, 6.07) is 7.84. The van der Waals surface area contributed by atoms with E-state index in [9.17, 15) is 9.59 Å². The number of allylic oxidation sites excluding steroid dienone is 1. The molecule has 2 aromatic heterocycles. The maximum absolute atomic E-state index is 13.3. The molecule has 156 valence electrons. The highest BCUT2D eigenvalue weighted by Gasteiger charge is 2.29. The molecule has 4 rings (SSSR count). The summed E-state index contributed by atoms with van der Waals surface area (Å²) < 4.78 is 12.5. The summed E-state index contributed by atoms with van der Waals surface area (Å²) in [6.45, 7) is 8.06. The van der Waals surface area contributed by atoms with Crippen LogP contribution in [-0.2, 0) is 6.54 Å². The number of piperazine rings is 1. The van der Waals surface area contributed by atoms with E-state index in [1.54, 1.807) is 25.0 Å². The van der Waals surface area contributed by atoms with Gasteiger partial charge in [-0.25, -0.2) is 4.98 Å². The summed E-state index contributed by atoms with van der Waals surface area (Å²) in [4.78, 5) is 34.3. The predicted octanol–water partition coefficient (Wildman–Crippen LogP) is 2.45. The Balaban J connectivity index is 1.60. The van der Waals surface area contributed by atoms with E-state index in [4.69, 9.17) is 9.15 Å². The molecule has 8 heteroatoms. The number of para-hydroxylation sites is 2. The van der Waals surface area contributed by atoms with Crippen LogP contribution in [0.25, 0.3) is 11.1 Å². The van der Waals surface area contributed by atoms with E-state index in [-0.39, 0.29) is 22.6 Å². The number of furan rings is 1. The lowest BCUT2D eigenvalue weighted by atomic mass is 10.1. The highest BCUT2D eigenvalue weighted by Crippen LogP contribution is 2.29. The van der Waals surface area contributed by atoms with Crippen molar-refractivity contribution in [2.45, 2.75) is 13.5 Å². The zero-order chi connectivity index (χ0) is 21.3. The molecule has 0 N–H and O–H groups in total. The van der Waals surface area contributed by atoms with Crippen molar-refractivity contribution in [2.24, 2.45) is 0 Å². The monoisotopic (exact) mass is 408 g/mol. The molecule has 1 aliphatic rings. The Morgan fingerprint density at radius 3 is 2.70 bits per heavy atom. The standard InChI is InChI=1S/C22H24N4O4/c1-4-9-26-14-23-20-19(22(26)28)18(15(2)30-20)21(27)25-12-10-24(11-13-25)16-7-5-6-8-17(16)29-3/h4-8,14H,1,9-13H2,2-3H3. The number of rotatable bonds is 5. The minimum atomic E-state index is -0.298. The first-order valence-corrected chi connectivity index (χ1v) is 9.81. The number of aromatic nitrogens is 2. The van der Waals surface area contributed by atoms with Crippen LogP contribution in [0.5, 0.6) is 5.75 Å². The van der Waals surface area contributed by atoms with Crippen LogP contribution in [0.15, 0.2) is 52.5 Å². The largest absolute Gasteiger partial charge is 0.495 e. The zero-order valence-electron chi connectivity index (χ0n) is 17.1. The molecule has 0 unspecified atom stereocenters. The topological polar surface area (TPSA) is 80.8 Å². The number of hydrogen-bond acceptors (Lipinski definition) is 6. The first-order chi connectivity index (χ1) is 14.5. The summed E-state index contributed by atoms with van der Waals surface area (Å²) in [6.07, 6.45) is 3.02. The molecule has 0 spiro atoms. The van der Waals surface area contributed by atoms with Crippen LogP contribution in [-0.4, -0.2) is 53.6 Å². The first-order valence-electron chi connectivity index (χ1n) is 9.81. The van der Waals surface area contributed by atoms with Gasteiger partial charge in [0.05, 0.1) is 18.4 Å². The lowest BCUT2D eigenvalue weighted by Gasteiger charge is -2.36. The minimum Gasteiger partial charge on any atom is -0.495 e. The second-order valence-corrected chi connectivity index (χ2v) is 7.16. The Bertz CT molecular complexity index is 1160. The normalized spacial score (nSPS) is 14.2. The lowest BCUT2D eigenvalue weighted by molar-refractivity contribution is 0.0746. The number of benzene rings is 1. The fraction of sp³-hybridized carbons (Fsp3) is 0.318. The van der Waals surface area contributed by atoms with Gasteiger partial charge < -0.3 is 19.0 Å². The first kappa shape index (κ1) is 19.8. The van der Waals surface area contributed by atoms with Gasteiger partial charge in [0.25, 0.3) is 11.5 Å². The summed E-state index contributed by atoms with van der Waals surface area (Å²) in [5, 5.41) is 0.231. The van der Waals surface area contributed by atoms with Crippen LogP contribution in [0.4, 0.5) is 5.69 Å². The average Bonchev–Trinajstić information content (AvgIpc) is 3.12. The lowest BCUT2D eigenvalue weighted by Crippen LogP contribution is -2.49. The number of ether oxygens (including phenoxy) is 1. The molecule has 0 atom stereocenters. The number of carbonyl (C=O) groups excluding carboxylic acids is 1. The Kier molecular flexibility index (Phi) is 5.31. The molecular weight excluding hydrogens is 384 g/mol. The van der Waals surface area contributed by atoms with Crippen molar-refractivity contribution in [1.82, 2.24) is 14.5 Å². The molecule has 0 radical (unpaired) electrons. The van der Waals surface area contributed by atoms with Gasteiger partial charge in [-0.15, -0.1) is 6.58 Å². The number of anilines is 1. The van der Waals surface area contributed by atoms with E-state index in [1.165, 1.54) is 10.9 Å². The molecule has 1 fully saturated rings. The third-order valence-electron chi connectivity index (χ3n) is 5.39. The molecule has 0 bridgehead atoms. The predicted molar refractivity (Wildman–Crippen MR) is 114 cm³/mol. The van der Waals surface area contributed by atoms with E-state index in [2.05, 4.69) is 16.5 Å². The van der Waals surface area contributed by atoms with Gasteiger partial charge in [0.2, 0.25) is 5.71 Å². The fourth-order valence-electron chi connectivity index (χ4n) is 3.86. The molecular formula is C22H24N4O4. The number of amides is 1. The molecule has 30 heavy (non-hydrogen) atoms. The van der Waals surface area contributed by atoms with Gasteiger partial charge in [0.15, 0.2) is 0 Å². The van der Waals surface area contributed by atoms with Crippen molar-refractivity contribution in [3.8, 4) is 5.75 Å². The summed E-state index contributed by atoms with van der Waals surface area (Å²) in [7, 11) is 1.65. The second-order valence-electron chi connectivity index (χ2n) is 7.16. The van der Waals surface area contributed by atoms with Crippen LogP contribution < -0.4 is 15.2 Å². The van der Waals surface area contributed by atoms with Crippen LogP contribution in [0.3, 0.4) is 0 Å². The zero-order valence-corrected chi connectivity index (χ0v) is 17.1. The Labute approximate surface area is 174 Å². The smallest absolute Gasteiger partial charge is 0.265 e. The van der Waals surface area contributed by atoms with Crippen LogP contribution in [0.2, 0.25) is 0 Å². The van der Waals surface area contributed by atoms with Crippen LogP contribution in [0.1, 0.15) is 16.1 Å². The van der Waals surface area contributed by atoms with Gasteiger partial charge in [0.1, 0.15) is 23.2 Å². The number of aryl methyl sites for hydroxylation is 1. The fourth-order valence-corrected chi connectivity index (χ4v) is 3.86. The molecule has 0 saturated carbocycles. The van der Waals surface area contributed by atoms with Gasteiger partial charge in [0, 0.05) is 32.7 Å². The van der Waals surface area contributed by atoms with Gasteiger partial charge in [-0.3, -0.25) is 14.2 Å². The molecule has 1 saturated heterocycles. The second kappa shape index (κ2) is 8.06. The number of fused-ring (bicyclic) bond motifs is 1. The molecule has 8 nitrogen and oxygen atoms in total. The van der Waals surface area contributed by atoms with E-state index < -0.39 is 0 Å². The van der Waals surface area contributed by atoms with Crippen molar-refractivity contribution in [1.29, 1.82) is 0 Å². The number of nitrogens with zero attached hydrogens (tertiary/aromatic N) is 4. The number of carbonyl (C=O) groups is 1. The van der Waals surface area contributed by atoms with Crippen LogP contribution in [0, 0.1) is 6.92 Å². The highest BCUT2D eigenvalue weighted by molar-refractivity contribution is 6.06. The van der Waals surface area contributed by atoms with Crippen molar-refractivity contribution >= 4 is 22.7 Å². The Morgan fingerprint density at radius 1 is 1.27 bits per heavy atom. The molecule has 1 aliphatic heterocycles. The number of methoxy groups -OCH3 is 1. The Morgan fingerprint density at radius 2 is 2.00 bits per heavy atom. The van der Waals surface area contributed by atoms with Gasteiger partial charge in [-0.1, -0.05) is 18.2 Å². The number of hydrogen-bond donors (Lipinski definition) is 0. The molecule has 3 heterocycles. The van der Waals surface area contributed by atoms with Gasteiger partial charge in [-0.2, -0.15) is 0 Å². The van der Waals surface area contributed by atoms with Gasteiger partial charge >= 0.3 is 0 Å². The molecule has 0 aliphatic carbocycles. The van der Waals surface area contributed by atoms with Crippen LogP contribution >= 0.6 is 0 Å². The molecule has 1 aromatic carbocycles. The van der Waals surface area contributed by atoms with Crippen molar-refractivity contribution in [3.63, 3.8) is 0 Å². The highest BCUT2D eigenvalue weighted by atomic mass is 16.5. The van der Waals surface area contributed by atoms with Crippen molar-refractivity contribution in [2.75, 3.05) is 38.2 Å². The van der Waals surface area contributed by atoms with E-state index >= 15 is 0 Å². The Hall–Kier alpha value is -3.55. The van der Waals surface area contributed by atoms with Gasteiger partial charge in [-0.05, 0) is 19.1 Å². The van der Waals surface area contributed by atoms with E-state index in [0.717, 1.165) is 11.4 Å². The third kappa shape index (κ3) is 3.34. The maximum atomic E-state index is 13.3. The quantitative estimate of drug-likeness (QED) is 0.604. The van der Waals surface area contributed by atoms with Crippen molar-refractivity contribution in [3.05, 3.63) is 64.9 Å². The van der Waals surface area contributed by atoms with Crippen molar-refractivity contribution < 1.29 is 13.9 Å². The van der Waals surface area contributed by atoms with E-state index in [0.29, 0.717) is 44.0 Å². The molecule has 1 amide bonds. The third-order valence-corrected chi connectivity index (χ3v) is 5.39.